The molecule has 0 bridgehead atoms. The zero-order chi connectivity index (χ0) is 17.8. The van der Waals surface area contributed by atoms with E-state index in [-0.39, 0.29) is 5.92 Å². The van der Waals surface area contributed by atoms with E-state index in [1.165, 1.54) is 0 Å². The number of rotatable bonds is 6. The van der Waals surface area contributed by atoms with Gasteiger partial charge in [0.2, 0.25) is 0 Å². The molecule has 0 aliphatic heterocycles. The Hall–Kier alpha value is -3.15. The van der Waals surface area contributed by atoms with Gasteiger partial charge >= 0.3 is 6.03 Å². The van der Waals surface area contributed by atoms with Crippen LogP contribution >= 0.6 is 0 Å². The minimum absolute atomic E-state index is 0.145. The molecule has 0 aliphatic rings. The van der Waals surface area contributed by atoms with Crippen molar-refractivity contribution in [2.24, 2.45) is 5.73 Å². The highest BCUT2D eigenvalue weighted by Gasteiger charge is 2.23. The fraction of sp³-hybridized carbons (Fsp3) is 0.211. The second kappa shape index (κ2) is 7.17. The van der Waals surface area contributed by atoms with Crippen molar-refractivity contribution in [1.29, 1.82) is 0 Å². The Labute approximate surface area is 145 Å². The van der Waals surface area contributed by atoms with Crippen LogP contribution in [0.5, 0.6) is 11.5 Å². The average molecular weight is 339 g/mol. The number of carbonyl (C=O) groups is 1. The lowest BCUT2D eigenvalue weighted by molar-refractivity contribution is 0.248. The van der Waals surface area contributed by atoms with E-state index in [0.717, 1.165) is 22.0 Å². The summed E-state index contributed by atoms with van der Waals surface area (Å²) in [4.78, 5) is 14.6. The van der Waals surface area contributed by atoms with Gasteiger partial charge < -0.3 is 25.5 Å². The summed E-state index contributed by atoms with van der Waals surface area (Å²) in [6, 6.07) is 13.2. The van der Waals surface area contributed by atoms with Gasteiger partial charge in [0.1, 0.15) is 0 Å². The maximum atomic E-state index is 11.3. The zero-order valence-electron chi connectivity index (χ0n) is 14.2. The number of methoxy groups -OCH3 is 2. The summed E-state index contributed by atoms with van der Waals surface area (Å²) in [7, 11) is 3.21. The van der Waals surface area contributed by atoms with Crippen LogP contribution in [0.3, 0.4) is 0 Å². The molecule has 2 amide bonds. The molecule has 6 nitrogen and oxygen atoms in total. The molecule has 1 heterocycles. The van der Waals surface area contributed by atoms with Crippen molar-refractivity contribution in [2.45, 2.75) is 5.92 Å². The lowest BCUT2D eigenvalue weighted by Crippen LogP contribution is -2.33. The van der Waals surface area contributed by atoms with E-state index >= 15 is 0 Å². The van der Waals surface area contributed by atoms with Crippen molar-refractivity contribution < 1.29 is 14.3 Å². The number of hydrogen-bond acceptors (Lipinski definition) is 3. The molecule has 130 valence electrons. The average Bonchev–Trinajstić information content (AvgIpc) is 3.05. The summed E-state index contributed by atoms with van der Waals surface area (Å²) in [5.41, 5.74) is 8.30. The summed E-state index contributed by atoms with van der Waals surface area (Å²) >= 11 is 0. The number of nitrogens with two attached hydrogens (primary N) is 1. The predicted molar refractivity (Wildman–Crippen MR) is 97.3 cm³/mol. The molecule has 0 saturated heterocycles. The standard InChI is InChI=1S/C19H21N3O3/c1-24-17-9-5-7-13(18(17)25-2)15(11-22-19(20)23)14-10-21-16-8-4-3-6-12(14)16/h3-10,15,21H,11H2,1-2H3,(H3,20,22,23)/t15-/m0/s1. The van der Waals surface area contributed by atoms with Crippen molar-refractivity contribution in [2.75, 3.05) is 20.8 Å². The van der Waals surface area contributed by atoms with Crippen LogP contribution in [0.2, 0.25) is 0 Å². The number of benzene rings is 2. The first-order valence-electron chi connectivity index (χ1n) is 7.96. The number of aromatic nitrogens is 1. The molecular weight excluding hydrogens is 318 g/mol. The van der Waals surface area contributed by atoms with E-state index in [4.69, 9.17) is 15.2 Å². The normalized spacial score (nSPS) is 11.9. The van der Waals surface area contributed by atoms with Gasteiger partial charge in [0.05, 0.1) is 14.2 Å². The molecular formula is C19H21N3O3. The number of primary amides is 1. The molecule has 1 aromatic heterocycles. The molecule has 25 heavy (non-hydrogen) atoms. The monoisotopic (exact) mass is 339 g/mol. The van der Waals surface area contributed by atoms with E-state index in [1.807, 2.05) is 48.7 Å². The molecule has 6 heteroatoms. The first-order valence-corrected chi connectivity index (χ1v) is 7.96. The van der Waals surface area contributed by atoms with Gasteiger partial charge in [-0.3, -0.25) is 0 Å². The summed E-state index contributed by atoms with van der Waals surface area (Å²) in [5.74, 6) is 1.14. The second-order valence-electron chi connectivity index (χ2n) is 5.67. The van der Waals surface area contributed by atoms with Crippen LogP contribution in [-0.4, -0.2) is 31.8 Å². The first kappa shape index (κ1) is 16.7. The van der Waals surface area contributed by atoms with Crippen molar-refractivity contribution >= 4 is 16.9 Å². The predicted octanol–water partition coefficient (Wildman–Crippen LogP) is 2.99. The smallest absolute Gasteiger partial charge is 0.312 e. The number of carbonyl (C=O) groups excluding carboxylic acids is 1. The van der Waals surface area contributed by atoms with Gasteiger partial charge in [0.15, 0.2) is 11.5 Å². The molecule has 4 N–H and O–H groups in total. The van der Waals surface area contributed by atoms with Crippen molar-refractivity contribution in [3.8, 4) is 11.5 Å². The number of nitrogens with one attached hydrogen (secondary N) is 2. The Bertz CT molecular complexity index is 889. The minimum Gasteiger partial charge on any atom is -0.493 e. The summed E-state index contributed by atoms with van der Waals surface area (Å²) < 4.78 is 11.0. The Kier molecular flexibility index (Phi) is 4.79. The lowest BCUT2D eigenvalue weighted by atomic mass is 9.90. The van der Waals surface area contributed by atoms with Crippen molar-refractivity contribution in [3.05, 3.63) is 59.8 Å². The Morgan fingerprint density at radius 2 is 1.92 bits per heavy atom. The third kappa shape index (κ3) is 3.24. The number of H-pyrrole nitrogens is 1. The topological polar surface area (TPSA) is 89.4 Å². The van der Waals surface area contributed by atoms with Crippen molar-refractivity contribution in [3.63, 3.8) is 0 Å². The van der Waals surface area contributed by atoms with Gasteiger partial charge in [0.25, 0.3) is 0 Å². The van der Waals surface area contributed by atoms with E-state index in [2.05, 4.69) is 10.3 Å². The molecule has 0 fully saturated rings. The fourth-order valence-electron chi connectivity index (χ4n) is 3.16. The maximum Gasteiger partial charge on any atom is 0.312 e. The summed E-state index contributed by atoms with van der Waals surface area (Å²) in [5, 5.41) is 3.80. The lowest BCUT2D eigenvalue weighted by Gasteiger charge is -2.21. The maximum absolute atomic E-state index is 11.3. The molecule has 0 saturated carbocycles. The quantitative estimate of drug-likeness (QED) is 0.645. The van der Waals surface area contributed by atoms with Gasteiger partial charge in [-0.25, -0.2) is 4.79 Å². The van der Waals surface area contributed by atoms with Crippen LogP contribution < -0.4 is 20.5 Å². The first-order chi connectivity index (χ1) is 12.2. The van der Waals surface area contributed by atoms with Gasteiger partial charge in [-0.2, -0.15) is 0 Å². The molecule has 0 aliphatic carbocycles. The highest BCUT2D eigenvalue weighted by Crippen LogP contribution is 2.39. The second-order valence-corrected chi connectivity index (χ2v) is 5.67. The Morgan fingerprint density at radius 1 is 1.12 bits per heavy atom. The number of fused-ring (bicyclic) bond motifs is 1. The third-order valence-electron chi connectivity index (χ3n) is 4.29. The Balaban J connectivity index is 2.14. The molecule has 3 rings (SSSR count). The fourth-order valence-corrected chi connectivity index (χ4v) is 3.16. The number of ether oxygens (including phenoxy) is 2. The summed E-state index contributed by atoms with van der Waals surface area (Å²) in [6.45, 7) is 0.348. The Morgan fingerprint density at radius 3 is 2.64 bits per heavy atom. The number of amides is 2. The number of para-hydroxylation sites is 2. The highest BCUT2D eigenvalue weighted by atomic mass is 16.5. The van der Waals surface area contributed by atoms with Gasteiger partial charge in [0, 0.05) is 35.1 Å². The molecule has 0 spiro atoms. The van der Waals surface area contributed by atoms with Crippen molar-refractivity contribution in [1.82, 2.24) is 10.3 Å². The summed E-state index contributed by atoms with van der Waals surface area (Å²) in [6.07, 6.45) is 1.96. The highest BCUT2D eigenvalue weighted by molar-refractivity contribution is 5.84. The third-order valence-corrected chi connectivity index (χ3v) is 4.29. The van der Waals surface area contributed by atoms with Crippen LogP contribution in [0.15, 0.2) is 48.7 Å². The van der Waals surface area contributed by atoms with E-state index in [9.17, 15) is 4.79 Å². The molecule has 1 atom stereocenters. The SMILES string of the molecule is COc1cccc([C@H](CNC(N)=O)c2c[nH]c3ccccc23)c1OC. The molecule has 2 aromatic carbocycles. The molecule has 0 unspecified atom stereocenters. The number of hydrogen-bond donors (Lipinski definition) is 3. The van der Waals surface area contributed by atoms with Gasteiger partial charge in [-0.15, -0.1) is 0 Å². The van der Waals surface area contributed by atoms with Gasteiger partial charge in [-0.1, -0.05) is 30.3 Å². The molecule has 0 radical (unpaired) electrons. The van der Waals surface area contributed by atoms with Crippen LogP contribution in [-0.2, 0) is 0 Å². The van der Waals surface area contributed by atoms with E-state index in [1.54, 1.807) is 14.2 Å². The zero-order valence-corrected chi connectivity index (χ0v) is 14.2. The number of urea groups is 1. The number of aromatic amines is 1. The van der Waals surface area contributed by atoms with Crippen LogP contribution in [0.25, 0.3) is 10.9 Å². The molecule has 3 aromatic rings. The largest absolute Gasteiger partial charge is 0.493 e. The van der Waals surface area contributed by atoms with E-state index < -0.39 is 6.03 Å². The van der Waals surface area contributed by atoms with Gasteiger partial charge in [-0.05, 0) is 17.7 Å². The van der Waals surface area contributed by atoms with Crippen LogP contribution in [0, 0.1) is 0 Å². The van der Waals surface area contributed by atoms with Crippen LogP contribution in [0.4, 0.5) is 4.79 Å². The minimum atomic E-state index is -0.563. The van der Waals surface area contributed by atoms with E-state index in [0.29, 0.717) is 18.0 Å². The van der Waals surface area contributed by atoms with Crippen LogP contribution in [0.1, 0.15) is 17.0 Å².